The number of carboxylic acids is 1. The van der Waals surface area contributed by atoms with E-state index in [-0.39, 0.29) is 17.3 Å². The summed E-state index contributed by atoms with van der Waals surface area (Å²) in [6.07, 6.45) is 2.91. The van der Waals surface area contributed by atoms with Crippen LogP contribution in [0.3, 0.4) is 0 Å². The van der Waals surface area contributed by atoms with Crippen LogP contribution in [0.2, 0.25) is 0 Å². The van der Waals surface area contributed by atoms with Gasteiger partial charge in [-0.25, -0.2) is 14.0 Å². The molecule has 2 amide bonds. The van der Waals surface area contributed by atoms with Gasteiger partial charge in [0.05, 0.1) is 11.3 Å². The smallest absolute Gasteiger partial charge is 0.337 e. The van der Waals surface area contributed by atoms with Crippen LogP contribution < -0.4 is 10.6 Å². The van der Waals surface area contributed by atoms with Crippen molar-refractivity contribution in [3.05, 3.63) is 29.6 Å². The van der Waals surface area contributed by atoms with Gasteiger partial charge in [0.25, 0.3) is 0 Å². The Kier molecular flexibility index (Phi) is 3.45. The highest BCUT2D eigenvalue weighted by Gasteiger charge is 2.20. The molecule has 1 aliphatic carbocycles. The molecule has 6 heteroatoms. The first-order chi connectivity index (χ1) is 8.56. The summed E-state index contributed by atoms with van der Waals surface area (Å²) in [6, 6.07) is 2.78. The van der Waals surface area contributed by atoms with E-state index in [9.17, 15) is 14.0 Å². The van der Waals surface area contributed by atoms with Gasteiger partial charge in [-0.3, -0.25) is 0 Å². The fourth-order valence-corrected chi connectivity index (χ4v) is 1.70. The molecule has 2 rings (SSSR count). The SMILES string of the molecule is O=C(Nc1cc(F)ccc1C(=O)O)NC1CCC1. The maximum atomic E-state index is 13.0. The number of hydrogen-bond donors (Lipinski definition) is 3. The first-order valence-electron chi connectivity index (χ1n) is 5.66. The Morgan fingerprint density at radius 3 is 2.61 bits per heavy atom. The molecule has 3 N–H and O–H groups in total. The van der Waals surface area contributed by atoms with Crippen LogP contribution >= 0.6 is 0 Å². The highest BCUT2D eigenvalue weighted by molar-refractivity contribution is 6.00. The molecule has 0 radical (unpaired) electrons. The minimum absolute atomic E-state index is 0.0423. The zero-order valence-electron chi connectivity index (χ0n) is 9.57. The molecule has 1 aromatic rings. The van der Waals surface area contributed by atoms with Gasteiger partial charge in [-0.15, -0.1) is 0 Å². The number of amides is 2. The number of carboxylic acid groups (broad SMARTS) is 1. The van der Waals surface area contributed by atoms with Crippen LogP contribution in [-0.4, -0.2) is 23.1 Å². The monoisotopic (exact) mass is 252 g/mol. The van der Waals surface area contributed by atoms with Gasteiger partial charge in [0, 0.05) is 6.04 Å². The summed E-state index contributed by atoms with van der Waals surface area (Å²) in [4.78, 5) is 22.5. The molecule has 96 valence electrons. The Morgan fingerprint density at radius 2 is 2.06 bits per heavy atom. The van der Waals surface area contributed by atoms with E-state index in [2.05, 4.69) is 10.6 Å². The fraction of sp³-hybridized carbons (Fsp3) is 0.333. The van der Waals surface area contributed by atoms with Gasteiger partial charge < -0.3 is 15.7 Å². The van der Waals surface area contributed by atoms with E-state index in [0.717, 1.165) is 37.5 Å². The van der Waals surface area contributed by atoms with Gasteiger partial charge in [-0.2, -0.15) is 0 Å². The van der Waals surface area contributed by atoms with Crippen molar-refractivity contribution in [1.29, 1.82) is 0 Å². The molecule has 1 aromatic carbocycles. The normalized spacial score (nSPS) is 14.7. The number of hydrogen-bond acceptors (Lipinski definition) is 2. The minimum Gasteiger partial charge on any atom is -0.478 e. The van der Waals surface area contributed by atoms with Crippen molar-refractivity contribution in [2.75, 3.05) is 5.32 Å². The van der Waals surface area contributed by atoms with Gasteiger partial charge in [0.2, 0.25) is 0 Å². The van der Waals surface area contributed by atoms with Crippen molar-refractivity contribution in [3.63, 3.8) is 0 Å². The largest absolute Gasteiger partial charge is 0.478 e. The van der Waals surface area contributed by atoms with Crippen molar-refractivity contribution >= 4 is 17.7 Å². The number of carbonyl (C=O) groups excluding carboxylic acids is 1. The zero-order chi connectivity index (χ0) is 13.1. The molecule has 18 heavy (non-hydrogen) atoms. The van der Waals surface area contributed by atoms with Crippen LogP contribution in [0.1, 0.15) is 29.6 Å². The summed E-state index contributed by atoms with van der Waals surface area (Å²) in [5.41, 5.74) is -0.181. The highest BCUT2D eigenvalue weighted by atomic mass is 19.1. The Bertz CT molecular complexity index is 486. The second-order valence-corrected chi connectivity index (χ2v) is 4.22. The number of urea groups is 1. The van der Waals surface area contributed by atoms with Crippen molar-refractivity contribution in [2.45, 2.75) is 25.3 Å². The molecule has 1 aliphatic rings. The molecule has 1 fully saturated rings. The molecule has 0 atom stereocenters. The Balaban J connectivity index is 2.08. The Hall–Kier alpha value is -2.11. The molecular formula is C12H13FN2O3. The van der Waals surface area contributed by atoms with Gasteiger partial charge in [-0.05, 0) is 37.5 Å². The summed E-state index contributed by atoms with van der Waals surface area (Å²) in [6.45, 7) is 0. The molecule has 1 saturated carbocycles. The molecule has 5 nitrogen and oxygen atoms in total. The third-order valence-corrected chi connectivity index (χ3v) is 2.90. The van der Waals surface area contributed by atoms with E-state index in [1.54, 1.807) is 0 Å². The Labute approximate surface area is 103 Å². The van der Waals surface area contributed by atoms with E-state index in [0.29, 0.717) is 0 Å². The van der Waals surface area contributed by atoms with Gasteiger partial charge in [-0.1, -0.05) is 0 Å². The topological polar surface area (TPSA) is 78.4 Å². The van der Waals surface area contributed by atoms with Crippen LogP contribution in [0.5, 0.6) is 0 Å². The number of nitrogens with one attached hydrogen (secondary N) is 2. The van der Waals surface area contributed by atoms with Crippen LogP contribution in [-0.2, 0) is 0 Å². The number of rotatable bonds is 3. The van der Waals surface area contributed by atoms with Crippen LogP contribution in [0.4, 0.5) is 14.9 Å². The van der Waals surface area contributed by atoms with Gasteiger partial charge in [0.1, 0.15) is 5.82 Å². The molecule has 0 spiro atoms. The lowest BCUT2D eigenvalue weighted by molar-refractivity contribution is 0.0698. The summed E-state index contributed by atoms with van der Waals surface area (Å²) in [5, 5.41) is 14.0. The lowest BCUT2D eigenvalue weighted by atomic mass is 9.93. The van der Waals surface area contributed by atoms with Crippen LogP contribution in [0, 0.1) is 5.82 Å². The van der Waals surface area contributed by atoms with E-state index < -0.39 is 17.8 Å². The molecule has 0 aliphatic heterocycles. The first-order valence-corrected chi connectivity index (χ1v) is 5.66. The minimum atomic E-state index is -1.21. The predicted molar refractivity (Wildman–Crippen MR) is 63.2 cm³/mol. The zero-order valence-corrected chi connectivity index (χ0v) is 9.57. The summed E-state index contributed by atoms with van der Waals surface area (Å²) < 4.78 is 13.0. The van der Waals surface area contributed by atoms with E-state index in [1.807, 2.05) is 0 Å². The van der Waals surface area contributed by atoms with E-state index in [1.165, 1.54) is 0 Å². The number of benzene rings is 1. The van der Waals surface area contributed by atoms with Gasteiger partial charge in [0.15, 0.2) is 0 Å². The first kappa shape index (κ1) is 12.3. The number of aromatic carboxylic acids is 1. The standard InChI is InChI=1S/C12H13FN2O3/c13-7-4-5-9(11(16)17)10(6-7)15-12(18)14-8-2-1-3-8/h4-6,8H,1-3H2,(H,16,17)(H2,14,15,18). The molecule has 0 saturated heterocycles. The van der Waals surface area contributed by atoms with E-state index >= 15 is 0 Å². The average molecular weight is 252 g/mol. The maximum Gasteiger partial charge on any atom is 0.337 e. The number of anilines is 1. The summed E-state index contributed by atoms with van der Waals surface area (Å²) >= 11 is 0. The van der Waals surface area contributed by atoms with Crippen molar-refractivity contribution in [1.82, 2.24) is 5.32 Å². The third kappa shape index (κ3) is 2.77. The lowest BCUT2D eigenvalue weighted by Crippen LogP contribution is -2.42. The fourth-order valence-electron chi connectivity index (χ4n) is 1.70. The average Bonchev–Trinajstić information content (AvgIpc) is 2.23. The molecular weight excluding hydrogens is 239 g/mol. The predicted octanol–water partition coefficient (Wildman–Crippen LogP) is 2.20. The molecule has 0 aromatic heterocycles. The van der Waals surface area contributed by atoms with Crippen LogP contribution in [0.15, 0.2) is 18.2 Å². The summed E-state index contributed by atoms with van der Waals surface area (Å²) in [7, 11) is 0. The Morgan fingerprint density at radius 1 is 1.33 bits per heavy atom. The maximum absolute atomic E-state index is 13.0. The lowest BCUT2D eigenvalue weighted by Gasteiger charge is -2.26. The number of halogens is 1. The molecule has 0 heterocycles. The highest BCUT2D eigenvalue weighted by Crippen LogP contribution is 2.20. The number of carbonyl (C=O) groups is 2. The van der Waals surface area contributed by atoms with Gasteiger partial charge >= 0.3 is 12.0 Å². The quantitative estimate of drug-likeness (QED) is 0.771. The molecule has 0 bridgehead atoms. The van der Waals surface area contributed by atoms with E-state index in [4.69, 9.17) is 5.11 Å². The molecule has 0 unspecified atom stereocenters. The van der Waals surface area contributed by atoms with Crippen molar-refractivity contribution in [3.8, 4) is 0 Å². The second-order valence-electron chi connectivity index (χ2n) is 4.22. The van der Waals surface area contributed by atoms with Crippen molar-refractivity contribution in [2.24, 2.45) is 0 Å². The second kappa shape index (κ2) is 5.03. The van der Waals surface area contributed by atoms with Crippen LogP contribution in [0.25, 0.3) is 0 Å². The third-order valence-electron chi connectivity index (χ3n) is 2.90. The van der Waals surface area contributed by atoms with Crippen molar-refractivity contribution < 1.29 is 19.1 Å². The summed E-state index contributed by atoms with van der Waals surface area (Å²) in [5.74, 6) is -1.81.